The molecule has 0 amide bonds. The first-order valence-corrected chi connectivity index (χ1v) is 5.10. The van der Waals surface area contributed by atoms with Crippen LogP contribution in [0.4, 0.5) is 0 Å². The topological polar surface area (TPSA) is 74.4 Å². The fourth-order valence-electron chi connectivity index (χ4n) is 1.79. The van der Waals surface area contributed by atoms with Crippen LogP contribution >= 0.6 is 0 Å². The molecule has 2 aliphatic rings. The van der Waals surface area contributed by atoms with Crippen molar-refractivity contribution in [1.29, 1.82) is 0 Å². The van der Waals surface area contributed by atoms with E-state index in [0.29, 0.717) is 6.61 Å². The number of aliphatic imine (C=N–C) groups is 1. The van der Waals surface area contributed by atoms with Gasteiger partial charge in [0.2, 0.25) is 0 Å². The molecule has 2 heterocycles. The van der Waals surface area contributed by atoms with Crippen molar-refractivity contribution in [2.24, 2.45) is 4.99 Å². The van der Waals surface area contributed by atoms with Crippen LogP contribution in [0, 0.1) is 0 Å². The van der Waals surface area contributed by atoms with E-state index in [0.717, 1.165) is 30.4 Å². The summed E-state index contributed by atoms with van der Waals surface area (Å²) in [5.74, 6) is 2.52. The predicted molar refractivity (Wildman–Crippen MR) is 60.3 cm³/mol. The lowest BCUT2D eigenvalue weighted by molar-refractivity contribution is 0.133. The number of rotatable bonds is 1. The van der Waals surface area contributed by atoms with E-state index in [4.69, 9.17) is 9.47 Å². The third-order valence-corrected chi connectivity index (χ3v) is 2.51. The summed E-state index contributed by atoms with van der Waals surface area (Å²) in [7, 11) is 0. The number of hydrogen-bond donors (Lipinski definition) is 1. The Morgan fingerprint density at radius 2 is 2.06 bits per heavy atom. The summed E-state index contributed by atoms with van der Waals surface area (Å²) >= 11 is 0. The molecule has 1 atom stereocenters. The molecule has 0 fully saturated rings. The molecule has 1 aromatic carbocycles. The third kappa shape index (κ3) is 1.81. The molecule has 0 aliphatic carbocycles. The molecule has 3 N–H and O–H groups in total. The molecule has 0 radical (unpaired) electrons. The standard InChI is InChI=1S/C11H12N2O2.H2O/c1-2-4-9-8(3-1)14-7-10(15-9)11-12-5-6-13-11;/h1-4,10H,5-7H2,(H,12,13);1H2. The second-order valence-electron chi connectivity index (χ2n) is 3.56. The predicted octanol–water partition coefficient (Wildman–Crippen LogP) is 0.00340. The van der Waals surface area contributed by atoms with Gasteiger partial charge in [0, 0.05) is 6.54 Å². The van der Waals surface area contributed by atoms with E-state index in [9.17, 15) is 0 Å². The lowest BCUT2D eigenvalue weighted by Gasteiger charge is -2.26. The Morgan fingerprint density at radius 1 is 1.25 bits per heavy atom. The van der Waals surface area contributed by atoms with Gasteiger partial charge in [0.15, 0.2) is 17.6 Å². The maximum Gasteiger partial charge on any atom is 0.189 e. The summed E-state index contributed by atoms with van der Waals surface area (Å²) < 4.78 is 11.4. The van der Waals surface area contributed by atoms with Crippen molar-refractivity contribution in [3.8, 4) is 11.5 Å². The van der Waals surface area contributed by atoms with Gasteiger partial charge in [-0.1, -0.05) is 12.1 Å². The molecule has 5 heteroatoms. The SMILES string of the molecule is O.c1ccc2c(c1)OCC(C1=NCCN1)O2. The highest BCUT2D eigenvalue weighted by Gasteiger charge is 2.26. The van der Waals surface area contributed by atoms with E-state index in [-0.39, 0.29) is 11.6 Å². The second-order valence-corrected chi connectivity index (χ2v) is 3.56. The summed E-state index contributed by atoms with van der Waals surface area (Å²) in [5, 5.41) is 3.20. The van der Waals surface area contributed by atoms with Crippen molar-refractivity contribution in [2.75, 3.05) is 19.7 Å². The largest absolute Gasteiger partial charge is 0.485 e. The number of nitrogens with one attached hydrogen (secondary N) is 1. The average molecular weight is 222 g/mol. The van der Waals surface area contributed by atoms with Gasteiger partial charge in [-0.05, 0) is 12.1 Å². The molecule has 3 rings (SSSR count). The van der Waals surface area contributed by atoms with Crippen molar-refractivity contribution < 1.29 is 14.9 Å². The van der Waals surface area contributed by atoms with E-state index in [2.05, 4.69) is 10.3 Å². The van der Waals surface area contributed by atoms with Gasteiger partial charge in [0.1, 0.15) is 12.4 Å². The zero-order valence-corrected chi connectivity index (χ0v) is 8.77. The minimum Gasteiger partial charge on any atom is -0.485 e. The minimum absolute atomic E-state index is 0. The molecule has 0 aromatic heterocycles. The van der Waals surface area contributed by atoms with Gasteiger partial charge in [0.05, 0.1) is 6.54 Å². The monoisotopic (exact) mass is 222 g/mol. The van der Waals surface area contributed by atoms with Crippen LogP contribution < -0.4 is 14.8 Å². The van der Waals surface area contributed by atoms with Gasteiger partial charge < -0.3 is 20.3 Å². The van der Waals surface area contributed by atoms with E-state index >= 15 is 0 Å². The number of fused-ring (bicyclic) bond motifs is 1. The van der Waals surface area contributed by atoms with Crippen molar-refractivity contribution in [2.45, 2.75) is 6.10 Å². The summed E-state index contributed by atoms with van der Waals surface area (Å²) in [5.41, 5.74) is 0. The smallest absolute Gasteiger partial charge is 0.189 e. The van der Waals surface area contributed by atoms with Crippen LogP contribution in [0.25, 0.3) is 0 Å². The van der Waals surface area contributed by atoms with Gasteiger partial charge in [-0.3, -0.25) is 4.99 Å². The number of amidine groups is 1. The van der Waals surface area contributed by atoms with Crippen molar-refractivity contribution in [3.63, 3.8) is 0 Å². The molecule has 1 aromatic rings. The van der Waals surface area contributed by atoms with E-state index in [1.165, 1.54) is 0 Å². The van der Waals surface area contributed by atoms with E-state index in [1.54, 1.807) is 0 Å². The first kappa shape index (κ1) is 10.8. The Kier molecular flexibility index (Phi) is 2.96. The maximum absolute atomic E-state index is 5.80. The van der Waals surface area contributed by atoms with Gasteiger partial charge in [-0.15, -0.1) is 0 Å². The molecule has 86 valence electrons. The van der Waals surface area contributed by atoms with Crippen LogP contribution in [-0.2, 0) is 0 Å². The summed E-state index contributed by atoms with van der Waals surface area (Å²) in [6, 6.07) is 7.70. The summed E-state index contributed by atoms with van der Waals surface area (Å²) in [6.45, 7) is 2.26. The zero-order valence-electron chi connectivity index (χ0n) is 8.77. The summed E-state index contributed by atoms with van der Waals surface area (Å²) in [4.78, 5) is 4.33. The lowest BCUT2D eigenvalue weighted by atomic mass is 10.2. The fraction of sp³-hybridized carbons (Fsp3) is 0.364. The molecule has 2 aliphatic heterocycles. The maximum atomic E-state index is 5.80. The Morgan fingerprint density at radius 3 is 2.81 bits per heavy atom. The molecule has 16 heavy (non-hydrogen) atoms. The lowest BCUT2D eigenvalue weighted by Crippen LogP contribution is -2.42. The first-order chi connectivity index (χ1) is 7.43. The van der Waals surface area contributed by atoms with Crippen molar-refractivity contribution in [3.05, 3.63) is 24.3 Å². The molecule has 0 spiro atoms. The second kappa shape index (κ2) is 4.40. The van der Waals surface area contributed by atoms with Crippen LogP contribution in [0.5, 0.6) is 11.5 Å². The average Bonchev–Trinajstić information content (AvgIpc) is 2.82. The molecular formula is C11H14N2O3. The molecule has 5 nitrogen and oxygen atoms in total. The Bertz CT molecular complexity index is 406. The highest BCUT2D eigenvalue weighted by molar-refractivity contribution is 5.88. The highest BCUT2D eigenvalue weighted by atomic mass is 16.6. The van der Waals surface area contributed by atoms with Crippen molar-refractivity contribution in [1.82, 2.24) is 5.32 Å². The molecule has 1 unspecified atom stereocenters. The normalized spacial score (nSPS) is 21.8. The molecular weight excluding hydrogens is 208 g/mol. The van der Waals surface area contributed by atoms with Gasteiger partial charge >= 0.3 is 0 Å². The van der Waals surface area contributed by atoms with Crippen LogP contribution in [0.3, 0.4) is 0 Å². The quantitative estimate of drug-likeness (QED) is 0.727. The third-order valence-electron chi connectivity index (χ3n) is 2.51. The van der Waals surface area contributed by atoms with Crippen LogP contribution in [0.1, 0.15) is 0 Å². The van der Waals surface area contributed by atoms with E-state index in [1.807, 2.05) is 24.3 Å². The minimum atomic E-state index is -0.0811. The first-order valence-electron chi connectivity index (χ1n) is 5.10. The molecule has 0 saturated heterocycles. The van der Waals surface area contributed by atoms with Gasteiger partial charge in [0.25, 0.3) is 0 Å². The number of para-hydroxylation sites is 2. The number of benzene rings is 1. The zero-order chi connectivity index (χ0) is 10.1. The molecule has 0 saturated carbocycles. The van der Waals surface area contributed by atoms with Crippen molar-refractivity contribution >= 4 is 5.84 Å². The van der Waals surface area contributed by atoms with Crippen LogP contribution in [0.2, 0.25) is 0 Å². The Labute approximate surface area is 93.4 Å². The number of hydrogen-bond acceptors (Lipinski definition) is 4. The highest BCUT2D eigenvalue weighted by Crippen LogP contribution is 2.31. The Hall–Kier alpha value is -1.75. The van der Waals surface area contributed by atoms with Gasteiger partial charge in [-0.2, -0.15) is 0 Å². The van der Waals surface area contributed by atoms with E-state index < -0.39 is 0 Å². The van der Waals surface area contributed by atoms with Gasteiger partial charge in [-0.25, -0.2) is 0 Å². The summed E-state index contributed by atoms with van der Waals surface area (Å²) in [6.07, 6.45) is -0.0811. The molecule has 0 bridgehead atoms. The van der Waals surface area contributed by atoms with Crippen LogP contribution in [0.15, 0.2) is 29.3 Å². The van der Waals surface area contributed by atoms with Crippen LogP contribution in [-0.4, -0.2) is 37.1 Å². The number of ether oxygens (including phenoxy) is 2. The fourth-order valence-corrected chi connectivity index (χ4v) is 1.79. The Balaban J connectivity index is 0.000000963. The number of nitrogens with zero attached hydrogens (tertiary/aromatic N) is 1.